The van der Waals surface area contributed by atoms with E-state index in [1.807, 2.05) is 0 Å². The van der Waals surface area contributed by atoms with E-state index in [0.717, 1.165) is 52.1 Å². The molecular weight excluding hydrogens is 440 g/mol. The Labute approximate surface area is 217 Å². The van der Waals surface area contributed by atoms with Gasteiger partial charge in [-0.05, 0) is 101 Å². The number of hydrogen-bond acceptors (Lipinski definition) is 4. The predicted octanol–water partition coefficient (Wildman–Crippen LogP) is 4.06. The van der Waals surface area contributed by atoms with Gasteiger partial charge in [-0.2, -0.15) is 0 Å². The monoisotopic (exact) mass is 482 g/mol. The van der Waals surface area contributed by atoms with Crippen molar-refractivity contribution in [2.24, 2.45) is 0 Å². The van der Waals surface area contributed by atoms with Gasteiger partial charge in [-0.1, -0.05) is 72.8 Å². The molecule has 0 heterocycles. The van der Waals surface area contributed by atoms with Crippen LogP contribution in [-0.2, 0) is 10.8 Å². The van der Waals surface area contributed by atoms with Gasteiger partial charge in [0.25, 0.3) is 0 Å². The Balaban J connectivity index is 1.59. The van der Waals surface area contributed by atoms with Crippen LogP contribution in [0.4, 0.5) is 0 Å². The van der Waals surface area contributed by atoms with Crippen molar-refractivity contribution >= 4 is 0 Å². The van der Waals surface area contributed by atoms with Gasteiger partial charge in [0.15, 0.2) is 0 Å². The molecule has 0 fully saturated rings. The topological polar surface area (TPSA) is 30.5 Å². The number of nitrogens with zero attached hydrogens (tertiary/aromatic N) is 2. The Hall–Kier alpha value is -2.50. The van der Waals surface area contributed by atoms with Crippen LogP contribution in [0.15, 0.2) is 72.8 Å². The summed E-state index contributed by atoms with van der Waals surface area (Å²) in [5.41, 5.74) is 8.48. The summed E-state index contributed by atoms with van der Waals surface area (Å²) in [6.45, 7) is 6.07. The van der Waals surface area contributed by atoms with Crippen LogP contribution in [0.5, 0.6) is 0 Å². The molecule has 0 radical (unpaired) electrons. The molecule has 0 saturated heterocycles. The summed E-state index contributed by atoms with van der Waals surface area (Å²) >= 11 is 0. The van der Waals surface area contributed by atoms with E-state index in [2.05, 4.69) is 121 Å². The third-order valence-electron chi connectivity index (χ3n) is 8.24. The normalized spacial score (nSPS) is 21.5. The van der Waals surface area contributed by atoms with Crippen LogP contribution in [0.25, 0.3) is 0 Å². The Morgan fingerprint density at radius 1 is 0.500 bits per heavy atom. The van der Waals surface area contributed by atoms with Crippen LogP contribution in [0.1, 0.15) is 46.2 Å². The second-order valence-corrected chi connectivity index (χ2v) is 11.1. The molecule has 0 aliphatic heterocycles. The van der Waals surface area contributed by atoms with Crippen LogP contribution in [0.2, 0.25) is 0 Å². The Bertz CT molecular complexity index is 973. The van der Waals surface area contributed by atoms with Crippen molar-refractivity contribution in [2.45, 2.75) is 23.7 Å². The van der Waals surface area contributed by atoms with Gasteiger partial charge in [0.2, 0.25) is 0 Å². The molecule has 2 bridgehead atoms. The fraction of sp³-hybridized carbons (Fsp3) is 0.438. The summed E-state index contributed by atoms with van der Waals surface area (Å²) in [6.07, 6.45) is 2.30. The van der Waals surface area contributed by atoms with Gasteiger partial charge >= 0.3 is 0 Å². The lowest BCUT2D eigenvalue weighted by Gasteiger charge is -2.57. The molecule has 0 aromatic heterocycles. The Morgan fingerprint density at radius 2 is 0.778 bits per heavy atom. The Morgan fingerprint density at radius 3 is 1.03 bits per heavy atom. The van der Waals surface area contributed by atoms with Gasteiger partial charge in [0, 0.05) is 13.1 Å². The van der Waals surface area contributed by atoms with E-state index < -0.39 is 0 Å². The van der Waals surface area contributed by atoms with Gasteiger partial charge in [-0.25, -0.2) is 0 Å². The van der Waals surface area contributed by atoms with Gasteiger partial charge in [0.1, 0.15) is 0 Å². The highest BCUT2D eigenvalue weighted by atomic mass is 15.1. The van der Waals surface area contributed by atoms with Crippen LogP contribution in [0.3, 0.4) is 0 Å². The van der Waals surface area contributed by atoms with E-state index in [9.17, 15) is 0 Å². The van der Waals surface area contributed by atoms with Crippen LogP contribution in [0, 0.1) is 0 Å². The van der Waals surface area contributed by atoms with E-state index in [0.29, 0.717) is 0 Å². The molecule has 36 heavy (non-hydrogen) atoms. The van der Waals surface area contributed by atoms with E-state index in [1.54, 1.807) is 0 Å². The van der Waals surface area contributed by atoms with E-state index in [4.69, 9.17) is 0 Å². The molecule has 3 aliphatic carbocycles. The average Bonchev–Trinajstić information content (AvgIpc) is 2.89. The fourth-order valence-corrected chi connectivity index (χ4v) is 6.72. The summed E-state index contributed by atoms with van der Waals surface area (Å²) in [5.74, 6) is 0. The molecule has 0 atom stereocenters. The lowest BCUT2D eigenvalue weighted by molar-refractivity contribution is 0.376. The van der Waals surface area contributed by atoms with Crippen molar-refractivity contribution in [1.29, 1.82) is 0 Å². The molecule has 3 aromatic carbocycles. The summed E-state index contributed by atoms with van der Waals surface area (Å²) in [7, 11) is 8.60. The minimum atomic E-state index is -0.172. The maximum Gasteiger partial charge on any atom is 0.0584 e. The molecule has 2 N–H and O–H groups in total. The first kappa shape index (κ1) is 25.2. The molecule has 0 saturated carbocycles. The van der Waals surface area contributed by atoms with Crippen molar-refractivity contribution in [3.8, 4) is 0 Å². The van der Waals surface area contributed by atoms with Crippen LogP contribution < -0.4 is 10.6 Å². The molecule has 3 aliphatic rings. The largest absolute Gasteiger partial charge is 0.315 e. The molecule has 6 rings (SSSR count). The van der Waals surface area contributed by atoms with Gasteiger partial charge in [-0.15, -0.1) is 0 Å². The van der Waals surface area contributed by atoms with Gasteiger partial charge in [0.05, 0.1) is 10.8 Å². The molecular formula is C32H42N4. The van der Waals surface area contributed by atoms with Gasteiger partial charge < -0.3 is 20.4 Å². The first-order chi connectivity index (χ1) is 17.5. The first-order valence-corrected chi connectivity index (χ1v) is 13.5. The quantitative estimate of drug-likeness (QED) is 0.381. The highest BCUT2D eigenvalue weighted by Gasteiger charge is 2.57. The van der Waals surface area contributed by atoms with Crippen molar-refractivity contribution in [3.05, 3.63) is 106 Å². The van der Waals surface area contributed by atoms with Crippen LogP contribution >= 0.6 is 0 Å². The van der Waals surface area contributed by atoms with E-state index in [1.165, 1.54) is 33.4 Å². The second-order valence-electron chi connectivity index (χ2n) is 11.1. The molecule has 0 amide bonds. The van der Waals surface area contributed by atoms with Crippen molar-refractivity contribution in [3.63, 3.8) is 0 Å². The maximum absolute atomic E-state index is 3.89. The lowest BCUT2D eigenvalue weighted by Crippen LogP contribution is -2.57. The molecule has 4 nitrogen and oxygen atoms in total. The minimum absolute atomic E-state index is 0.172. The second kappa shape index (κ2) is 10.5. The van der Waals surface area contributed by atoms with E-state index >= 15 is 0 Å². The Kier molecular flexibility index (Phi) is 7.32. The van der Waals surface area contributed by atoms with E-state index in [-0.39, 0.29) is 10.8 Å². The van der Waals surface area contributed by atoms with Crippen molar-refractivity contribution in [2.75, 3.05) is 67.5 Å². The van der Waals surface area contributed by atoms with Crippen molar-refractivity contribution < 1.29 is 0 Å². The summed E-state index contributed by atoms with van der Waals surface area (Å²) < 4.78 is 0. The smallest absolute Gasteiger partial charge is 0.0584 e. The average molecular weight is 483 g/mol. The summed E-state index contributed by atoms with van der Waals surface area (Å²) in [4.78, 5) is 4.53. The fourth-order valence-electron chi connectivity index (χ4n) is 6.72. The SMILES string of the molecule is CN(C)CCCNCC12c3ccccc3C(CNCCCN(C)C)(c3ccccc31)c1ccccc12. The number of nitrogens with one attached hydrogen (secondary N) is 2. The third kappa shape index (κ3) is 4.10. The minimum Gasteiger partial charge on any atom is -0.315 e. The molecule has 4 heteroatoms. The highest BCUT2D eigenvalue weighted by molar-refractivity contribution is 5.75. The third-order valence-corrected chi connectivity index (χ3v) is 8.24. The molecule has 3 aromatic rings. The lowest BCUT2D eigenvalue weighted by atomic mass is 9.47. The predicted molar refractivity (Wildman–Crippen MR) is 151 cm³/mol. The number of hydrogen-bond donors (Lipinski definition) is 2. The number of benzene rings is 3. The van der Waals surface area contributed by atoms with Crippen LogP contribution in [-0.4, -0.2) is 77.3 Å². The number of rotatable bonds is 12. The molecule has 0 spiro atoms. The zero-order valence-electron chi connectivity index (χ0n) is 22.5. The van der Waals surface area contributed by atoms with Gasteiger partial charge in [-0.3, -0.25) is 0 Å². The van der Waals surface area contributed by atoms with Crippen molar-refractivity contribution in [1.82, 2.24) is 20.4 Å². The molecule has 0 unspecified atom stereocenters. The standard InChI is InChI=1S/C32H42N4/c1-35(2)21-11-19-33-23-31-25-13-5-8-16-28(25)32(24-34-20-12-22-36(3)4,29-17-9-6-14-26(29)31)30-18-10-7-15-27(30)31/h5-10,13-18,33-34H,11-12,19-24H2,1-4H3. The zero-order valence-corrected chi connectivity index (χ0v) is 22.5. The maximum atomic E-state index is 3.89. The highest BCUT2D eigenvalue weighted by Crippen LogP contribution is 2.61. The molecule has 190 valence electrons. The zero-order chi connectivity index (χ0) is 25.2. The summed E-state index contributed by atoms with van der Waals surface area (Å²) in [6, 6.07) is 27.8. The first-order valence-electron chi connectivity index (χ1n) is 13.5. The summed E-state index contributed by atoms with van der Waals surface area (Å²) in [5, 5.41) is 7.77.